The molecule has 0 aliphatic heterocycles. The Morgan fingerprint density at radius 3 is 2.76 bits per heavy atom. The highest BCUT2D eigenvalue weighted by atomic mass is 15.3. The summed E-state index contributed by atoms with van der Waals surface area (Å²) in [5.74, 6) is 0. The third-order valence-corrected chi connectivity index (χ3v) is 2.75. The van der Waals surface area contributed by atoms with Gasteiger partial charge < -0.3 is 5.73 Å². The van der Waals surface area contributed by atoms with Crippen LogP contribution in [0.15, 0.2) is 18.3 Å². The molecule has 0 fully saturated rings. The number of nitrogens with zero attached hydrogens (tertiary/aromatic N) is 4. The molecule has 17 heavy (non-hydrogen) atoms. The third kappa shape index (κ3) is 2.34. The van der Waals surface area contributed by atoms with Crippen LogP contribution in [-0.2, 0) is 13.5 Å². The van der Waals surface area contributed by atoms with E-state index < -0.39 is 0 Å². The van der Waals surface area contributed by atoms with Gasteiger partial charge >= 0.3 is 0 Å². The van der Waals surface area contributed by atoms with Gasteiger partial charge in [-0.25, -0.2) is 0 Å². The van der Waals surface area contributed by atoms with E-state index in [9.17, 15) is 0 Å². The molecule has 0 saturated heterocycles. The van der Waals surface area contributed by atoms with Gasteiger partial charge in [-0.15, -0.1) is 0 Å². The lowest BCUT2D eigenvalue weighted by molar-refractivity contribution is 0.704. The van der Waals surface area contributed by atoms with Gasteiger partial charge in [0.15, 0.2) is 0 Å². The molecule has 1 atom stereocenters. The van der Waals surface area contributed by atoms with Crippen LogP contribution in [0.3, 0.4) is 0 Å². The van der Waals surface area contributed by atoms with Crippen LogP contribution >= 0.6 is 0 Å². The Labute approximate surface area is 101 Å². The summed E-state index contributed by atoms with van der Waals surface area (Å²) < 4.78 is 1.75. The summed E-state index contributed by atoms with van der Waals surface area (Å²) in [4.78, 5) is 0. The number of aryl methyl sites for hydroxylation is 3. The normalized spacial score (nSPS) is 12.7. The first kappa shape index (κ1) is 11.7. The predicted octanol–water partition coefficient (Wildman–Crippen LogP) is 1.13. The van der Waals surface area contributed by atoms with Gasteiger partial charge in [0, 0.05) is 18.8 Å². The molecule has 0 radical (unpaired) electrons. The molecule has 0 aliphatic carbocycles. The molecule has 0 saturated carbocycles. The molecule has 5 nitrogen and oxygen atoms in total. The van der Waals surface area contributed by atoms with Gasteiger partial charge in [-0.3, -0.25) is 4.68 Å². The van der Waals surface area contributed by atoms with Gasteiger partial charge in [0.25, 0.3) is 0 Å². The van der Waals surface area contributed by atoms with E-state index >= 15 is 0 Å². The van der Waals surface area contributed by atoms with E-state index in [-0.39, 0.29) is 6.04 Å². The lowest BCUT2D eigenvalue weighted by Gasteiger charge is -2.13. The Morgan fingerprint density at radius 2 is 2.18 bits per heavy atom. The minimum absolute atomic E-state index is 0.236. The van der Waals surface area contributed by atoms with Crippen molar-refractivity contribution in [2.24, 2.45) is 12.8 Å². The number of rotatable bonds is 3. The maximum absolute atomic E-state index is 6.23. The monoisotopic (exact) mass is 231 g/mol. The standard InChI is InChI=1S/C12H17N5/c1-4-10-9(7-8(2)14-15-10)12(13)11-5-6-17(3)16-11/h5-7,12H,4,13H2,1-3H3. The summed E-state index contributed by atoms with van der Waals surface area (Å²) in [7, 11) is 1.88. The van der Waals surface area contributed by atoms with E-state index in [4.69, 9.17) is 5.73 Å². The molecule has 0 spiro atoms. The Hall–Kier alpha value is -1.75. The first-order chi connectivity index (χ1) is 8.11. The SMILES string of the molecule is CCc1nnc(C)cc1C(N)c1ccn(C)n1. The lowest BCUT2D eigenvalue weighted by atomic mass is 10.0. The molecular weight excluding hydrogens is 214 g/mol. The highest BCUT2D eigenvalue weighted by Crippen LogP contribution is 2.20. The van der Waals surface area contributed by atoms with Crippen molar-refractivity contribution < 1.29 is 0 Å². The predicted molar refractivity (Wildman–Crippen MR) is 65.4 cm³/mol. The largest absolute Gasteiger partial charge is 0.319 e. The average molecular weight is 231 g/mol. The molecule has 5 heteroatoms. The van der Waals surface area contributed by atoms with Crippen LogP contribution in [0.25, 0.3) is 0 Å². The fourth-order valence-corrected chi connectivity index (χ4v) is 1.84. The summed E-state index contributed by atoms with van der Waals surface area (Å²) in [5, 5.41) is 12.6. The highest BCUT2D eigenvalue weighted by Gasteiger charge is 2.16. The fraction of sp³-hybridized carbons (Fsp3) is 0.417. The third-order valence-electron chi connectivity index (χ3n) is 2.75. The maximum Gasteiger partial charge on any atom is 0.0837 e. The first-order valence-electron chi connectivity index (χ1n) is 5.70. The van der Waals surface area contributed by atoms with Gasteiger partial charge in [-0.05, 0) is 25.5 Å². The van der Waals surface area contributed by atoms with Crippen LogP contribution < -0.4 is 5.73 Å². The zero-order valence-corrected chi connectivity index (χ0v) is 10.4. The van der Waals surface area contributed by atoms with Crippen molar-refractivity contribution in [1.29, 1.82) is 0 Å². The van der Waals surface area contributed by atoms with E-state index in [1.165, 1.54) is 0 Å². The number of nitrogens with two attached hydrogens (primary N) is 1. The van der Waals surface area contributed by atoms with E-state index in [2.05, 4.69) is 15.3 Å². The smallest absolute Gasteiger partial charge is 0.0837 e. The quantitative estimate of drug-likeness (QED) is 0.859. The van der Waals surface area contributed by atoms with E-state index in [0.29, 0.717) is 0 Å². The van der Waals surface area contributed by atoms with Gasteiger partial charge in [-0.1, -0.05) is 6.92 Å². The summed E-state index contributed by atoms with van der Waals surface area (Å²) >= 11 is 0. The summed E-state index contributed by atoms with van der Waals surface area (Å²) in [6.45, 7) is 3.97. The molecule has 0 aliphatic rings. The lowest BCUT2D eigenvalue weighted by Crippen LogP contribution is -2.16. The van der Waals surface area contributed by atoms with Crippen LogP contribution in [-0.4, -0.2) is 20.0 Å². The molecule has 2 aromatic rings. The van der Waals surface area contributed by atoms with E-state index in [1.807, 2.05) is 39.2 Å². The van der Waals surface area contributed by atoms with Crippen molar-refractivity contribution >= 4 is 0 Å². The fourth-order valence-electron chi connectivity index (χ4n) is 1.84. The molecule has 2 heterocycles. The number of hydrogen-bond donors (Lipinski definition) is 1. The second-order valence-electron chi connectivity index (χ2n) is 4.13. The zero-order valence-electron chi connectivity index (χ0n) is 10.4. The molecule has 0 aromatic carbocycles. The summed E-state index contributed by atoms with van der Waals surface area (Å²) in [6.07, 6.45) is 2.71. The van der Waals surface area contributed by atoms with Gasteiger partial charge in [0.2, 0.25) is 0 Å². The second-order valence-corrected chi connectivity index (χ2v) is 4.13. The van der Waals surface area contributed by atoms with Crippen molar-refractivity contribution in [3.05, 3.63) is 41.0 Å². The van der Waals surface area contributed by atoms with E-state index in [1.54, 1.807) is 4.68 Å². The van der Waals surface area contributed by atoms with Crippen molar-refractivity contribution in [3.63, 3.8) is 0 Å². The van der Waals surface area contributed by atoms with E-state index in [0.717, 1.165) is 29.1 Å². The van der Waals surface area contributed by atoms with Crippen LogP contribution in [0, 0.1) is 6.92 Å². The molecule has 2 aromatic heterocycles. The van der Waals surface area contributed by atoms with Crippen molar-refractivity contribution in [1.82, 2.24) is 20.0 Å². The zero-order chi connectivity index (χ0) is 12.4. The highest BCUT2D eigenvalue weighted by molar-refractivity contribution is 5.30. The molecule has 0 bridgehead atoms. The van der Waals surface area contributed by atoms with Gasteiger partial charge in [0.1, 0.15) is 0 Å². The first-order valence-corrected chi connectivity index (χ1v) is 5.70. The van der Waals surface area contributed by atoms with Crippen LogP contribution in [0.1, 0.15) is 35.6 Å². The molecule has 2 N–H and O–H groups in total. The van der Waals surface area contributed by atoms with Crippen molar-refractivity contribution in [2.75, 3.05) is 0 Å². The van der Waals surface area contributed by atoms with Gasteiger partial charge in [0.05, 0.1) is 23.1 Å². The minimum atomic E-state index is -0.236. The average Bonchev–Trinajstić information content (AvgIpc) is 2.75. The summed E-state index contributed by atoms with van der Waals surface area (Å²) in [5.41, 5.74) is 9.92. The molecule has 2 rings (SSSR count). The van der Waals surface area contributed by atoms with Crippen LogP contribution in [0.4, 0.5) is 0 Å². The molecule has 0 amide bonds. The Balaban J connectivity index is 2.42. The maximum atomic E-state index is 6.23. The second kappa shape index (κ2) is 4.63. The molecule has 90 valence electrons. The topological polar surface area (TPSA) is 69.6 Å². The number of hydrogen-bond acceptors (Lipinski definition) is 4. The van der Waals surface area contributed by atoms with Crippen molar-refractivity contribution in [2.45, 2.75) is 26.3 Å². The van der Waals surface area contributed by atoms with Crippen molar-refractivity contribution in [3.8, 4) is 0 Å². The Bertz CT molecular complexity index is 517. The van der Waals surface area contributed by atoms with Gasteiger partial charge in [-0.2, -0.15) is 15.3 Å². The number of aromatic nitrogens is 4. The molecular formula is C12H17N5. The van der Waals surface area contributed by atoms with Crippen LogP contribution in [0.5, 0.6) is 0 Å². The summed E-state index contributed by atoms with van der Waals surface area (Å²) in [6, 6.07) is 3.69. The molecule has 1 unspecified atom stereocenters. The minimum Gasteiger partial charge on any atom is -0.319 e. The Kier molecular flexibility index (Phi) is 3.19. The Morgan fingerprint density at radius 1 is 1.41 bits per heavy atom. The van der Waals surface area contributed by atoms with Crippen LogP contribution in [0.2, 0.25) is 0 Å².